The molecule has 0 bridgehead atoms. The summed E-state index contributed by atoms with van der Waals surface area (Å²) in [5.74, 6) is -0.799. The van der Waals surface area contributed by atoms with Gasteiger partial charge in [0.25, 0.3) is 7.82 Å². The fourth-order valence-electron chi connectivity index (χ4n) is 14.5. The monoisotopic (exact) mass is 1450 g/mol. The van der Waals surface area contributed by atoms with Gasteiger partial charge in [0.05, 0.1) is 27.7 Å². The van der Waals surface area contributed by atoms with E-state index in [4.69, 9.17) is 18.5 Å². The Morgan fingerprint density at radius 3 is 0.733 bits per heavy atom. The maximum atomic E-state index is 12.9. The van der Waals surface area contributed by atoms with Gasteiger partial charge in [-0.15, -0.1) is 0 Å². The predicted molar refractivity (Wildman–Crippen MR) is 439 cm³/mol. The lowest BCUT2D eigenvalue weighted by Gasteiger charge is -2.28. The molecule has 0 aliphatic heterocycles. The van der Waals surface area contributed by atoms with Gasteiger partial charge in [0.2, 0.25) is 0 Å². The summed E-state index contributed by atoms with van der Waals surface area (Å²) in [4.78, 5) is 38.3. The first-order valence-corrected chi connectivity index (χ1v) is 47.4. The molecule has 9 nitrogen and oxygen atoms in total. The third kappa shape index (κ3) is 87.6. The van der Waals surface area contributed by atoms with Gasteiger partial charge >= 0.3 is 11.9 Å². The zero-order chi connectivity index (χ0) is 73.3. The van der Waals surface area contributed by atoms with Gasteiger partial charge in [0.15, 0.2) is 6.10 Å². The molecule has 0 heterocycles. The summed E-state index contributed by atoms with van der Waals surface area (Å²) in [6.45, 7) is 4.35. The average Bonchev–Trinajstić information content (AvgIpc) is 1.02. The fourth-order valence-corrected chi connectivity index (χ4v) is 15.3. The molecule has 0 spiro atoms. The number of quaternary nitrogens is 1. The van der Waals surface area contributed by atoms with E-state index < -0.39 is 26.5 Å². The third-order valence-electron chi connectivity index (χ3n) is 21.5. The van der Waals surface area contributed by atoms with Crippen LogP contribution in [0, 0.1) is 0 Å². The minimum absolute atomic E-state index is 0.0251. The van der Waals surface area contributed by atoms with Crippen molar-refractivity contribution >= 4 is 19.8 Å². The Kier molecular flexibility index (Phi) is 81.8. The van der Waals surface area contributed by atoms with Crippen LogP contribution in [0.15, 0.2) is 12.2 Å². The first-order chi connectivity index (χ1) is 49.5. The van der Waals surface area contributed by atoms with Crippen molar-refractivity contribution in [1.82, 2.24) is 0 Å². The van der Waals surface area contributed by atoms with Gasteiger partial charge in [-0.1, -0.05) is 469 Å². The van der Waals surface area contributed by atoms with Crippen LogP contribution in [0.3, 0.4) is 0 Å². The quantitative estimate of drug-likeness (QED) is 0.0195. The molecular weight excluding hydrogens is 1270 g/mol. The molecule has 0 saturated carbocycles. The minimum atomic E-state index is -4.64. The summed E-state index contributed by atoms with van der Waals surface area (Å²) in [6.07, 6.45) is 107. The number of ether oxygens (including phenoxy) is 2. The van der Waals surface area contributed by atoms with Crippen molar-refractivity contribution in [2.75, 3.05) is 47.5 Å². The summed E-state index contributed by atoms with van der Waals surface area (Å²) >= 11 is 0. The van der Waals surface area contributed by atoms with Gasteiger partial charge in [-0.05, 0) is 38.5 Å². The first-order valence-electron chi connectivity index (χ1n) is 45.9. The molecule has 0 N–H and O–H groups in total. The van der Waals surface area contributed by atoms with Crippen molar-refractivity contribution in [1.29, 1.82) is 0 Å². The fraction of sp³-hybridized carbons (Fsp3) is 0.956. The topological polar surface area (TPSA) is 111 Å². The summed E-state index contributed by atoms with van der Waals surface area (Å²) in [5, 5.41) is 0. The van der Waals surface area contributed by atoms with E-state index in [1.54, 1.807) is 0 Å². The zero-order valence-corrected chi connectivity index (χ0v) is 70.1. The van der Waals surface area contributed by atoms with Gasteiger partial charge < -0.3 is 27.9 Å². The highest BCUT2D eigenvalue weighted by molar-refractivity contribution is 7.45. The number of hydrogen-bond donors (Lipinski definition) is 0. The minimum Gasteiger partial charge on any atom is -0.756 e. The van der Waals surface area contributed by atoms with Crippen molar-refractivity contribution in [3.8, 4) is 0 Å². The number of likely N-dealkylation sites (N-methyl/N-ethyl adjacent to an activating group) is 1. The van der Waals surface area contributed by atoms with Crippen LogP contribution in [0.25, 0.3) is 0 Å². The van der Waals surface area contributed by atoms with Gasteiger partial charge in [-0.25, -0.2) is 0 Å². The number of carbonyl (C=O) groups is 2. The van der Waals surface area contributed by atoms with E-state index >= 15 is 0 Å². The second kappa shape index (κ2) is 82.8. The Hall–Kier alpha value is -1.25. The van der Waals surface area contributed by atoms with Crippen LogP contribution in [0.4, 0.5) is 0 Å². The second-order valence-corrected chi connectivity index (χ2v) is 34.4. The molecule has 0 fully saturated rings. The molecular formula is C91H180NO8P. The molecule has 101 heavy (non-hydrogen) atoms. The van der Waals surface area contributed by atoms with Crippen molar-refractivity contribution in [2.24, 2.45) is 0 Å². The average molecular weight is 1450 g/mol. The molecule has 0 aromatic heterocycles. The summed E-state index contributed by atoms with van der Waals surface area (Å²) in [5.41, 5.74) is 0. The van der Waals surface area contributed by atoms with E-state index in [-0.39, 0.29) is 32.0 Å². The Morgan fingerprint density at radius 2 is 0.505 bits per heavy atom. The van der Waals surface area contributed by atoms with Crippen molar-refractivity contribution in [3.05, 3.63) is 12.2 Å². The zero-order valence-electron chi connectivity index (χ0n) is 69.2. The lowest BCUT2D eigenvalue weighted by molar-refractivity contribution is -0.870. The van der Waals surface area contributed by atoms with Gasteiger partial charge in [-0.2, -0.15) is 0 Å². The highest BCUT2D eigenvalue weighted by atomic mass is 31.2. The van der Waals surface area contributed by atoms with Gasteiger partial charge in [0.1, 0.15) is 19.8 Å². The number of allylic oxidation sites excluding steroid dienone is 2. The Bertz CT molecular complexity index is 1700. The molecule has 0 aromatic rings. The van der Waals surface area contributed by atoms with Crippen LogP contribution < -0.4 is 4.89 Å². The van der Waals surface area contributed by atoms with Crippen LogP contribution in [0.5, 0.6) is 0 Å². The maximum absolute atomic E-state index is 12.9. The van der Waals surface area contributed by atoms with Crippen LogP contribution >= 0.6 is 7.82 Å². The largest absolute Gasteiger partial charge is 0.756 e. The summed E-state index contributed by atoms with van der Waals surface area (Å²) < 4.78 is 34.5. The van der Waals surface area contributed by atoms with Gasteiger partial charge in [-0.3, -0.25) is 14.2 Å². The van der Waals surface area contributed by atoms with E-state index in [2.05, 4.69) is 26.0 Å². The lowest BCUT2D eigenvalue weighted by atomic mass is 10.0. The highest BCUT2D eigenvalue weighted by Crippen LogP contribution is 2.38. The summed E-state index contributed by atoms with van der Waals surface area (Å²) in [6, 6.07) is 0. The molecule has 0 aliphatic rings. The van der Waals surface area contributed by atoms with Crippen molar-refractivity contribution in [2.45, 2.75) is 514 Å². The molecule has 0 aliphatic carbocycles. The third-order valence-corrected chi connectivity index (χ3v) is 22.5. The number of unbranched alkanes of at least 4 members (excludes halogenated alkanes) is 72. The Labute approximate surface area is 632 Å². The van der Waals surface area contributed by atoms with Crippen molar-refractivity contribution < 1.29 is 42.1 Å². The smallest absolute Gasteiger partial charge is 0.306 e. The number of carbonyl (C=O) groups excluding carboxylic acids is 2. The second-order valence-electron chi connectivity index (χ2n) is 33.0. The molecule has 0 radical (unpaired) electrons. The number of rotatable bonds is 88. The molecule has 602 valence electrons. The molecule has 0 amide bonds. The number of phosphoric acid groups is 1. The molecule has 2 atom stereocenters. The molecule has 0 saturated heterocycles. The first kappa shape index (κ1) is 99.8. The van der Waals surface area contributed by atoms with Crippen LogP contribution in [-0.4, -0.2) is 70.0 Å². The number of nitrogens with zero attached hydrogens (tertiary/aromatic N) is 1. The number of phosphoric ester groups is 1. The van der Waals surface area contributed by atoms with Crippen LogP contribution in [0.2, 0.25) is 0 Å². The number of esters is 2. The van der Waals surface area contributed by atoms with E-state index in [9.17, 15) is 19.0 Å². The summed E-state index contributed by atoms with van der Waals surface area (Å²) in [7, 11) is 1.20. The SMILES string of the molecule is CCCCCCCCCC/C=C\CCCCCCCCCCCCCCCCCCCCCCCCCCCCCCCC(=O)OC(COC(=O)CCCCCCCCCCCCCCCCCCCCCCCCCCCCCCCCCCCCCC)COP(=O)([O-])OCC[N+](C)(C)C. The standard InChI is InChI=1S/C91H180NO8P/c1-6-8-10-12-14-16-18-20-22-24-26-28-30-32-34-36-38-40-42-44-45-46-47-48-50-52-54-56-58-60-62-64-66-68-70-72-74-76-78-80-82-84-91(94)100-89(88-99-101(95,96)98-86-85-92(3,4)5)87-97-90(93)83-81-79-77-75-73-71-69-67-65-63-61-59-57-55-53-51-49-43-41-39-37-35-33-31-29-27-25-23-21-19-17-15-13-11-9-7-2/h24,26,89H,6-23,25,27-88H2,1-5H3/b26-24-. The van der Waals surface area contributed by atoms with E-state index in [0.29, 0.717) is 17.4 Å². The predicted octanol–water partition coefficient (Wildman–Crippen LogP) is 30.3. The molecule has 0 rings (SSSR count). The van der Waals surface area contributed by atoms with Crippen LogP contribution in [0.1, 0.15) is 508 Å². The van der Waals surface area contributed by atoms with Crippen molar-refractivity contribution in [3.63, 3.8) is 0 Å². The van der Waals surface area contributed by atoms with E-state index in [1.807, 2.05) is 21.1 Å². The van der Waals surface area contributed by atoms with E-state index in [0.717, 1.165) is 32.1 Å². The molecule has 2 unspecified atom stereocenters. The molecule has 10 heteroatoms. The number of hydrogen-bond acceptors (Lipinski definition) is 8. The van der Waals surface area contributed by atoms with Crippen LogP contribution in [-0.2, 0) is 32.7 Å². The van der Waals surface area contributed by atoms with Gasteiger partial charge in [0, 0.05) is 12.8 Å². The van der Waals surface area contributed by atoms with E-state index in [1.165, 1.54) is 443 Å². The Morgan fingerprint density at radius 1 is 0.297 bits per heavy atom. The highest BCUT2D eigenvalue weighted by Gasteiger charge is 2.22. The molecule has 0 aromatic carbocycles. The maximum Gasteiger partial charge on any atom is 0.306 e. The Balaban J connectivity index is 3.81. The lowest BCUT2D eigenvalue weighted by Crippen LogP contribution is -2.37. The normalized spacial score (nSPS) is 12.9.